The smallest absolute Gasteiger partial charge is 0.357 e. The second-order valence-corrected chi connectivity index (χ2v) is 19.7. The van der Waals surface area contributed by atoms with Crippen LogP contribution in [-0.4, -0.2) is 57.5 Å². The highest BCUT2D eigenvalue weighted by Gasteiger charge is 2.55. The number of carbonyl (C=O) groups excluding carboxylic acids is 4. The molecule has 0 radical (unpaired) electrons. The molecular weight excluding hydrogens is 617 g/mol. The Kier molecular flexibility index (Phi) is 12.7. The normalized spacial score (nSPS) is 17.6. The average molecular weight is 655 g/mol. The Hall–Kier alpha value is -2.39. The Morgan fingerprint density at radius 1 is 1.14 bits per heavy atom. The summed E-state index contributed by atoms with van der Waals surface area (Å²) in [5.41, 5.74) is 0.173. The summed E-state index contributed by atoms with van der Waals surface area (Å²) in [5, 5.41) is 9.57. The molecular formula is C28H38N2O8S3Si. The van der Waals surface area contributed by atoms with Gasteiger partial charge in [-0.25, -0.2) is 4.79 Å². The summed E-state index contributed by atoms with van der Waals surface area (Å²) >= 11 is 2.75. The van der Waals surface area contributed by atoms with Gasteiger partial charge in [-0.05, 0) is 66.3 Å². The number of rotatable bonds is 13. The topological polar surface area (TPSA) is 133 Å². The molecule has 1 aromatic carbocycles. The SMILES string of the molecule is C=CCS[C@@H]1[C@@H]([C@@H](C)O[Si](C)(C)C(C)(C)C)C(=O)N1C(C(=O)OCc1ccc([N+](=O)[O-])cc1)=C(SC(C)=O)SC(C)=O. The first-order valence-corrected chi connectivity index (χ1v) is 18.7. The van der Waals surface area contributed by atoms with Gasteiger partial charge < -0.3 is 9.16 Å². The summed E-state index contributed by atoms with van der Waals surface area (Å²) in [7, 11) is -2.24. The molecule has 3 atom stereocenters. The lowest BCUT2D eigenvalue weighted by Gasteiger charge is -2.51. The van der Waals surface area contributed by atoms with Gasteiger partial charge in [0, 0.05) is 31.7 Å². The van der Waals surface area contributed by atoms with Gasteiger partial charge in [-0.2, -0.15) is 0 Å². The Balaban J connectivity index is 2.51. The van der Waals surface area contributed by atoms with Gasteiger partial charge in [-0.3, -0.25) is 29.4 Å². The van der Waals surface area contributed by atoms with Crippen molar-refractivity contribution < 1.29 is 33.3 Å². The molecule has 1 fully saturated rings. The van der Waals surface area contributed by atoms with Crippen LogP contribution in [0.5, 0.6) is 0 Å². The van der Waals surface area contributed by atoms with Crippen LogP contribution in [0, 0.1) is 16.0 Å². The highest BCUT2D eigenvalue weighted by atomic mass is 32.2. The minimum atomic E-state index is -2.24. The van der Waals surface area contributed by atoms with Crippen molar-refractivity contribution in [1.82, 2.24) is 4.90 Å². The van der Waals surface area contributed by atoms with E-state index in [1.165, 1.54) is 54.8 Å². The molecule has 0 aromatic heterocycles. The maximum absolute atomic E-state index is 13.8. The highest BCUT2D eigenvalue weighted by molar-refractivity contribution is 8.34. The number of ether oxygens (including phenoxy) is 1. The average Bonchev–Trinajstić information content (AvgIpc) is 2.86. The maximum atomic E-state index is 13.8. The predicted octanol–water partition coefficient (Wildman–Crippen LogP) is 6.48. The van der Waals surface area contributed by atoms with Crippen molar-refractivity contribution in [2.75, 3.05) is 5.75 Å². The van der Waals surface area contributed by atoms with E-state index in [-0.39, 0.29) is 43.4 Å². The molecule has 1 aromatic rings. The van der Waals surface area contributed by atoms with E-state index in [2.05, 4.69) is 40.4 Å². The fourth-order valence-electron chi connectivity index (χ4n) is 3.81. The van der Waals surface area contributed by atoms with Crippen molar-refractivity contribution in [3.05, 3.63) is 62.5 Å². The predicted molar refractivity (Wildman–Crippen MR) is 171 cm³/mol. The molecule has 1 aliphatic heterocycles. The van der Waals surface area contributed by atoms with Crippen LogP contribution in [0.1, 0.15) is 47.1 Å². The second kappa shape index (κ2) is 14.9. The molecule has 1 aliphatic rings. The van der Waals surface area contributed by atoms with Crippen molar-refractivity contribution in [3.8, 4) is 0 Å². The van der Waals surface area contributed by atoms with E-state index < -0.39 is 36.6 Å². The molecule has 10 nitrogen and oxygen atoms in total. The van der Waals surface area contributed by atoms with Crippen LogP contribution in [0.25, 0.3) is 0 Å². The summed E-state index contributed by atoms with van der Waals surface area (Å²) in [6.07, 6.45) is 1.23. The van der Waals surface area contributed by atoms with Crippen LogP contribution in [0.3, 0.4) is 0 Å². The molecule has 0 N–H and O–H groups in total. The lowest BCUT2D eigenvalue weighted by molar-refractivity contribution is -0.384. The Morgan fingerprint density at radius 2 is 1.69 bits per heavy atom. The van der Waals surface area contributed by atoms with E-state index >= 15 is 0 Å². The quantitative estimate of drug-likeness (QED) is 0.0440. The third-order valence-electron chi connectivity index (χ3n) is 6.88. The van der Waals surface area contributed by atoms with Gasteiger partial charge in [-0.15, -0.1) is 18.3 Å². The van der Waals surface area contributed by atoms with Gasteiger partial charge >= 0.3 is 5.97 Å². The summed E-state index contributed by atoms with van der Waals surface area (Å²) < 4.78 is 12.1. The Morgan fingerprint density at radius 3 is 2.14 bits per heavy atom. The van der Waals surface area contributed by atoms with Crippen LogP contribution in [0.4, 0.5) is 5.69 Å². The third-order valence-corrected chi connectivity index (χ3v) is 14.6. The first-order chi connectivity index (χ1) is 19.4. The van der Waals surface area contributed by atoms with Gasteiger partial charge in [0.2, 0.25) is 5.91 Å². The molecule has 0 saturated carbocycles. The number of carbonyl (C=O) groups is 4. The van der Waals surface area contributed by atoms with E-state index in [1.807, 2.05) is 6.92 Å². The number of β-lactam (4-membered cyclic amide) rings is 1. The number of benzene rings is 1. The van der Waals surface area contributed by atoms with Crippen molar-refractivity contribution in [1.29, 1.82) is 0 Å². The second-order valence-electron chi connectivity index (χ2n) is 11.2. The minimum Gasteiger partial charge on any atom is -0.456 e. The molecule has 1 heterocycles. The standard InChI is InChI=1S/C28H38N2O8S3Si/c1-10-15-39-25-22(17(2)38-42(8,9)28(5,6)7)24(33)29(25)23(27(40-18(3)31)41-19(4)32)26(34)37-16-20-11-13-21(14-12-20)30(35)36/h10-14,17,22,25H,1,15-16H2,2-9H3/t17-,22+,25-/m1/s1. The first kappa shape index (κ1) is 35.8. The van der Waals surface area contributed by atoms with Gasteiger partial charge in [0.05, 0.1) is 26.6 Å². The van der Waals surface area contributed by atoms with E-state index in [9.17, 15) is 29.3 Å². The maximum Gasteiger partial charge on any atom is 0.357 e. The highest BCUT2D eigenvalue weighted by Crippen LogP contribution is 2.47. The molecule has 0 unspecified atom stereocenters. The monoisotopic (exact) mass is 654 g/mol. The number of nitro groups is 1. The van der Waals surface area contributed by atoms with Crippen LogP contribution in [0.2, 0.25) is 18.1 Å². The molecule has 2 rings (SSSR count). The van der Waals surface area contributed by atoms with Crippen LogP contribution in [-0.2, 0) is 34.9 Å². The fourth-order valence-corrected chi connectivity index (χ4v) is 8.42. The zero-order chi connectivity index (χ0) is 32.0. The number of non-ortho nitro benzene ring substituents is 1. The molecule has 1 amide bonds. The fraction of sp³-hybridized carbons (Fsp3) is 0.500. The summed E-state index contributed by atoms with van der Waals surface area (Å²) in [6.45, 7) is 18.5. The number of amides is 1. The zero-order valence-electron chi connectivity index (χ0n) is 25.1. The lowest BCUT2D eigenvalue weighted by atomic mass is 9.92. The van der Waals surface area contributed by atoms with Crippen molar-refractivity contribution in [2.45, 2.75) is 77.8 Å². The number of nitrogens with zero attached hydrogens (tertiary/aromatic N) is 2. The number of likely N-dealkylation sites (tertiary alicyclic amines) is 1. The number of thioether (sulfide) groups is 3. The molecule has 14 heteroatoms. The molecule has 1 saturated heterocycles. The minimum absolute atomic E-state index is 0.0395. The van der Waals surface area contributed by atoms with Crippen molar-refractivity contribution >= 4 is 71.4 Å². The molecule has 0 aliphatic carbocycles. The van der Waals surface area contributed by atoms with Crippen molar-refractivity contribution in [3.63, 3.8) is 0 Å². The largest absolute Gasteiger partial charge is 0.456 e. The van der Waals surface area contributed by atoms with Crippen LogP contribution >= 0.6 is 35.3 Å². The lowest BCUT2D eigenvalue weighted by Crippen LogP contribution is -2.64. The molecule has 42 heavy (non-hydrogen) atoms. The Bertz CT molecular complexity index is 1240. The first-order valence-electron chi connectivity index (χ1n) is 13.2. The summed E-state index contributed by atoms with van der Waals surface area (Å²) in [4.78, 5) is 63.6. The number of hydrogen-bond acceptors (Lipinski definition) is 11. The molecule has 0 bridgehead atoms. The van der Waals surface area contributed by atoms with E-state index in [1.54, 1.807) is 6.08 Å². The van der Waals surface area contributed by atoms with E-state index in [0.29, 0.717) is 34.8 Å². The summed E-state index contributed by atoms with van der Waals surface area (Å²) in [6, 6.07) is 5.49. The van der Waals surface area contributed by atoms with Gasteiger partial charge in [0.1, 0.15) is 6.61 Å². The zero-order valence-corrected chi connectivity index (χ0v) is 28.6. The summed E-state index contributed by atoms with van der Waals surface area (Å²) in [5.74, 6) is -1.40. The van der Waals surface area contributed by atoms with Gasteiger partial charge in [0.15, 0.2) is 24.2 Å². The van der Waals surface area contributed by atoms with Crippen molar-refractivity contribution in [2.24, 2.45) is 5.92 Å². The van der Waals surface area contributed by atoms with Crippen LogP contribution < -0.4 is 0 Å². The van der Waals surface area contributed by atoms with Gasteiger partial charge in [-0.1, -0.05) is 26.8 Å². The van der Waals surface area contributed by atoms with E-state index in [4.69, 9.17) is 9.16 Å². The Labute approximate surface area is 260 Å². The van der Waals surface area contributed by atoms with E-state index in [0.717, 1.165) is 0 Å². The van der Waals surface area contributed by atoms with Gasteiger partial charge in [0.25, 0.3) is 5.69 Å². The third kappa shape index (κ3) is 9.05. The van der Waals surface area contributed by atoms with Crippen LogP contribution in [0.15, 0.2) is 46.9 Å². The number of nitro benzene ring substituents is 1. The molecule has 230 valence electrons. The number of hydrogen-bond donors (Lipinski definition) is 0. The number of esters is 1. The molecule has 0 spiro atoms.